The molecule has 1 atom stereocenters. The minimum absolute atomic E-state index is 0.146. The van der Waals surface area contributed by atoms with Crippen LogP contribution in [0, 0.1) is 0 Å². The summed E-state index contributed by atoms with van der Waals surface area (Å²) in [7, 11) is 0. The highest BCUT2D eigenvalue weighted by atomic mass is 79.9. The van der Waals surface area contributed by atoms with Crippen molar-refractivity contribution in [3.8, 4) is 0 Å². The molecule has 1 unspecified atom stereocenters. The van der Waals surface area contributed by atoms with Gasteiger partial charge in [-0.3, -0.25) is 0 Å². The van der Waals surface area contributed by atoms with Crippen LogP contribution in [-0.4, -0.2) is 23.7 Å². The monoisotopic (exact) mass is 284 g/mol. The third-order valence-electron chi connectivity index (χ3n) is 1.83. The van der Waals surface area contributed by atoms with E-state index in [0.717, 1.165) is 4.47 Å². The van der Waals surface area contributed by atoms with Crippen LogP contribution in [-0.2, 0) is 4.79 Å². The van der Waals surface area contributed by atoms with Crippen molar-refractivity contribution in [1.29, 1.82) is 0 Å². The average Bonchev–Trinajstić information content (AvgIpc) is 2.26. The van der Waals surface area contributed by atoms with Crippen molar-refractivity contribution in [2.45, 2.75) is 6.04 Å². The fourth-order valence-corrected chi connectivity index (χ4v) is 1.47. The average molecular weight is 285 g/mol. The van der Waals surface area contributed by atoms with Gasteiger partial charge in [0.1, 0.15) is 6.04 Å². The SMILES string of the molecule is [N-]=[N+]=NCC(Nc1ccccc1Br)C(=O)O. The number of halogens is 1. The Bertz CT molecular complexity index is 431. The number of azide groups is 1. The molecule has 2 N–H and O–H groups in total. The maximum absolute atomic E-state index is 10.9. The van der Waals surface area contributed by atoms with Gasteiger partial charge in [0, 0.05) is 15.1 Å². The Hall–Kier alpha value is -1.72. The Kier molecular flexibility index (Phi) is 4.63. The molecule has 84 valence electrons. The second-order valence-corrected chi connectivity index (χ2v) is 3.78. The van der Waals surface area contributed by atoms with Gasteiger partial charge in [-0.25, -0.2) is 4.79 Å². The topological polar surface area (TPSA) is 98.1 Å². The number of hydrogen-bond acceptors (Lipinski definition) is 3. The van der Waals surface area contributed by atoms with E-state index in [1.165, 1.54) is 0 Å². The lowest BCUT2D eigenvalue weighted by molar-refractivity contribution is -0.137. The number of aliphatic carboxylic acids is 1. The Balaban J connectivity index is 2.79. The zero-order valence-corrected chi connectivity index (χ0v) is 9.75. The van der Waals surface area contributed by atoms with Gasteiger partial charge in [0.05, 0.1) is 6.54 Å². The molecular weight excluding hydrogens is 276 g/mol. The quantitative estimate of drug-likeness (QED) is 0.494. The molecule has 1 aromatic carbocycles. The van der Waals surface area contributed by atoms with E-state index in [0.29, 0.717) is 5.69 Å². The minimum atomic E-state index is -1.07. The van der Waals surface area contributed by atoms with Gasteiger partial charge < -0.3 is 10.4 Å². The summed E-state index contributed by atoms with van der Waals surface area (Å²) < 4.78 is 0.752. The van der Waals surface area contributed by atoms with E-state index in [2.05, 4.69) is 31.3 Å². The summed E-state index contributed by atoms with van der Waals surface area (Å²) in [6, 6.07) is 6.18. The number of carboxylic acids is 1. The molecule has 0 aliphatic rings. The van der Waals surface area contributed by atoms with E-state index in [1.807, 2.05) is 6.07 Å². The molecule has 0 aromatic heterocycles. The smallest absolute Gasteiger partial charge is 0.326 e. The normalized spacial score (nSPS) is 11.3. The van der Waals surface area contributed by atoms with Gasteiger partial charge in [0.25, 0.3) is 0 Å². The molecule has 16 heavy (non-hydrogen) atoms. The Morgan fingerprint density at radius 2 is 2.31 bits per heavy atom. The lowest BCUT2D eigenvalue weighted by Crippen LogP contribution is -2.32. The highest BCUT2D eigenvalue weighted by Crippen LogP contribution is 2.21. The maximum atomic E-state index is 10.9. The molecule has 0 saturated carbocycles. The van der Waals surface area contributed by atoms with E-state index >= 15 is 0 Å². The van der Waals surface area contributed by atoms with Crippen molar-refractivity contribution in [2.24, 2.45) is 5.11 Å². The van der Waals surface area contributed by atoms with E-state index < -0.39 is 12.0 Å². The van der Waals surface area contributed by atoms with Gasteiger partial charge in [-0.15, -0.1) is 0 Å². The van der Waals surface area contributed by atoms with Crippen LogP contribution in [0.3, 0.4) is 0 Å². The minimum Gasteiger partial charge on any atom is -0.480 e. The molecule has 0 saturated heterocycles. The summed E-state index contributed by atoms with van der Waals surface area (Å²) in [6.07, 6.45) is 0. The zero-order chi connectivity index (χ0) is 12.0. The van der Waals surface area contributed by atoms with E-state index in [4.69, 9.17) is 10.6 Å². The van der Waals surface area contributed by atoms with Crippen LogP contribution in [0.2, 0.25) is 0 Å². The van der Waals surface area contributed by atoms with Crippen molar-refractivity contribution in [3.05, 3.63) is 39.2 Å². The molecule has 0 fully saturated rings. The van der Waals surface area contributed by atoms with E-state index in [9.17, 15) is 4.79 Å². The maximum Gasteiger partial charge on any atom is 0.326 e. The van der Waals surface area contributed by atoms with Crippen LogP contribution in [0.5, 0.6) is 0 Å². The number of carbonyl (C=O) groups is 1. The molecule has 0 heterocycles. The van der Waals surface area contributed by atoms with Crippen LogP contribution in [0.25, 0.3) is 10.4 Å². The lowest BCUT2D eigenvalue weighted by Gasteiger charge is -2.14. The summed E-state index contributed by atoms with van der Waals surface area (Å²) >= 11 is 3.28. The standard InChI is InChI=1S/C9H9BrN4O2/c10-6-3-1-2-4-7(6)13-8(9(15)16)5-12-14-11/h1-4,8,13H,5H2,(H,15,16). The zero-order valence-electron chi connectivity index (χ0n) is 8.17. The van der Waals surface area contributed by atoms with Crippen molar-refractivity contribution in [1.82, 2.24) is 0 Å². The second-order valence-electron chi connectivity index (χ2n) is 2.93. The molecule has 0 amide bonds. The van der Waals surface area contributed by atoms with E-state index in [1.54, 1.807) is 18.2 Å². The molecule has 0 radical (unpaired) electrons. The summed E-state index contributed by atoms with van der Waals surface area (Å²) in [4.78, 5) is 13.4. The third-order valence-corrected chi connectivity index (χ3v) is 2.52. The molecule has 0 spiro atoms. The highest BCUT2D eigenvalue weighted by Gasteiger charge is 2.16. The first kappa shape index (κ1) is 12.4. The van der Waals surface area contributed by atoms with Crippen LogP contribution in [0.1, 0.15) is 0 Å². The summed E-state index contributed by atoms with van der Waals surface area (Å²) in [5.74, 6) is -1.07. The number of benzene rings is 1. The van der Waals surface area contributed by atoms with Crippen molar-refractivity contribution in [2.75, 3.05) is 11.9 Å². The summed E-state index contributed by atoms with van der Waals surface area (Å²) in [5, 5.41) is 14.9. The molecule has 7 heteroatoms. The number of carboxylic acid groups (broad SMARTS) is 1. The predicted molar refractivity (Wildman–Crippen MR) is 63.2 cm³/mol. The van der Waals surface area contributed by atoms with Crippen molar-refractivity contribution < 1.29 is 9.90 Å². The molecule has 0 bridgehead atoms. The first-order valence-corrected chi connectivity index (χ1v) is 5.19. The largest absolute Gasteiger partial charge is 0.480 e. The second kappa shape index (κ2) is 5.99. The Morgan fingerprint density at radius 1 is 1.62 bits per heavy atom. The third kappa shape index (κ3) is 3.45. The van der Waals surface area contributed by atoms with Gasteiger partial charge in [0.15, 0.2) is 0 Å². The van der Waals surface area contributed by atoms with Crippen LogP contribution >= 0.6 is 15.9 Å². The number of nitrogens with zero attached hydrogens (tertiary/aromatic N) is 3. The fraction of sp³-hybridized carbons (Fsp3) is 0.222. The van der Waals surface area contributed by atoms with Gasteiger partial charge in [0.2, 0.25) is 0 Å². The number of nitrogens with one attached hydrogen (secondary N) is 1. The van der Waals surface area contributed by atoms with Crippen LogP contribution in [0.4, 0.5) is 5.69 Å². The molecule has 0 aliphatic heterocycles. The highest BCUT2D eigenvalue weighted by molar-refractivity contribution is 9.10. The van der Waals surface area contributed by atoms with Gasteiger partial charge >= 0.3 is 5.97 Å². The van der Waals surface area contributed by atoms with E-state index in [-0.39, 0.29) is 6.54 Å². The lowest BCUT2D eigenvalue weighted by atomic mass is 10.2. The summed E-state index contributed by atoms with van der Waals surface area (Å²) in [6.45, 7) is -0.146. The summed E-state index contributed by atoms with van der Waals surface area (Å²) in [5.41, 5.74) is 8.79. The molecule has 1 rings (SSSR count). The van der Waals surface area contributed by atoms with Crippen molar-refractivity contribution >= 4 is 27.6 Å². The molecule has 0 aliphatic carbocycles. The fourth-order valence-electron chi connectivity index (χ4n) is 1.07. The van der Waals surface area contributed by atoms with Gasteiger partial charge in [-0.2, -0.15) is 0 Å². The number of anilines is 1. The number of rotatable bonds is 5. The Morgan fingerprint density at radius 3 is 2.88 bits per heavy atom. The number of para-hydroxylation sites is 1. The Labute approximate surface area is 100 Å². The molecule has 1 aromatic rings. The van der Waals surface area contributed by atoms with Gasteiger partial charge in [-0.1, -0.05) is 17.2 Å². The van der Waals surface area contributed by atoms with Crippen LogP contribution < -0.4 is 5.32 Å². The molecular formula is C9H9BrN4O2. The first-order chi connectivity index (χ1) is 7.65. The predicted octanol–water partition coefficient (Wildman–Crippen LogP) is 2.62. The number of hydrogen-bond donors (Lipinski definition) is 2. The molecule has 6 nitrogen and oxygen atoms in total. The van der Waals surface area contributed by atoms with Crippen molar-refractivity contribution in [3.63, 3.8) is 0 Å². The van der Waals surface area contributed by atoms with Gasteiger partial charge in [-0.05, 0) is 33.6 Å². The van der Waals surface area contributed by atoms with Crippen LogP contribution in [0.15, 0.2) is 33.9 Å². The first-order valence-electron chi connectivity index (χ1n) is 4.40.